The molecule has 0 amide bonds. The molecule has 4 heteroatoms. The Hall–Kier alpha value is -1.32. The highest BCUT2D eigenvalue weighted by atomic mass is 35.5. The molecule has 0 spiro atoms. The van der Waals surface area contributed by atoms with E-state index in [0.717, 1.165) is 36.1 Å². The third kappa shape index (κ3) is 3.37. The number of hydrogen-bond donors (Lipinski definition) is 1. The quantitative estimate of drug-likeness (QED) is 0.821. The average Bonchev–Trinajstić information content (AvgIpc) is 3.13. The second-order valence-corrected chi connectivity index (χ2v) is 5.48. The van der Waals surface area contributed by atoms with Crippen molar-refractivity contribution in [3.63, 3.8) is 0 Å². The minimum Gasteiger partial charge on any atom is -0.314 e. The lowest BCUT2D eigenvalue weighted by atomic mass is 10.2. The van der Waals surface area contributed by atoms with Gasteiger partial charge >= 0.3 is 0 Å². The van der Waals surface area contributed by atoms with Gasteiger partial charge < -0.3 is 5.32 Å². The van der Waals surface area contributed by atoms with Gasteiger partial charge in [0.1, 0.15) is 0 Å². The summed E-state index contributed by atoms with van der Waals surface area (Å²) in [6, 6.07) is 8.57. The van der Waals surface area contributed by atoms with E-state index < -0.39 is 0 Å². The van der Waals surface area contributed by atoms with Crippen LogP contribution in [-0.4, -0.2) is 22.4 Å². The first-order valence-electron chi connectivity index (χ1n) is 6.85. The van der Waals surface area contributed by atoms with Crippen molar-refractivity contribution in [2.45, 2.75) is 31.7 Å². The zero-order valence-electron chi connectivity index (χ0n) is 10.8. The Bertz CT molecular complexity index is 546. The smallest absolute Gasteiger partial charge is 0.0831 e. The van der Waals surface area contributed by atoms with Crippen LogP contribution in [0.15, 0.2) is 36.7 Å². The summed E-state index contributed by atoms with van der Waals surface area (Å²) in [6.07, 6.45) is 8.92. The molecule has 2 aromatic rings. The monoisotopic (exact) mass is 275 g/mol. The number of para-hydroxylation sites is 1. The van der Waals surface area contributed by atoms with Crippen molar-refractivity contribution in [3.05, 3.63) is 47.2 Å². The van der Waals surface area contributed by atoms with Crippen molar-refractivity contribution >= 4 is 11.6 Å². The molecule has 3 nitrogen and oxygen atoms in total. The first-order chi connectivity index (χ1) is 9.33. The van der Waals surface area contributed by atoms with Gasteiger partial charge in [0.2, 0.25) is 0 Å². The summed E-state index contributed by atoms with van der Waals surface area (Å²) < 4.78 is 1.85. The van der Waals surface area contributed by atoms with Crippen LogP contribution >= 0.6 is 11.6 Å². The van der Waals surface area contributed by atoms with Gasteiger partial charge in [0.05, 0.1) is 16.9 Å². The second-order valence-electron chi connectivity index (χ2n) is 5.08. The number of nitrogens with zero attached hydrogens (tertiary/aromatic N) is 2. The maximum Gasteiger partial charge on any atom is 0.0831 e. The fraction of sp³-hybridized carbons (Fsp3) is 0.400. The molecule has 1 fully saturated rings. The normalized spacial score (nSPS) is 14.8. The first kappa shape index (κ1) is 12.7. The molecule has 1 N–H and O–H groups in total. The van der Waals surface area contributed by atoms with Gasteiger partial charge in [-0.1, -0.05) is 23.7 Å². The molecule has 1 heterocycles. The van der Waals surface area contributed by atoms with E-state index in [9.17, 15) is 0 Å². The van der Waals surface area contributed by atoms with Crippen molar-refractivity contribution < 1.29 is 0 Å². The Morgan fingerprint density at radius 3 is 2.95 bits per heavy atom. The van der Waals surface area contributed by atoms with Crippen LogP contribution in [0.25, 0.3) is 5.69 Å². The Labute approximate surface area is 118 Å². The topological polar surface area (TPSA) is 29.9 Å². The van der Waals surface area contributed by atoms with Crippen molar-refractivity contribution in [3.8, 4) is 5.69 Å². The maximum absolute atomic E-state index is 6.17. The van der Waals surface area contributed by atoms with Crippen LogP contribution < -0.4 is 5.32 Å². The first-order valence-corrected chi connectivity index (χ1v) is 7.22. The Morgan fingerprint density at radius 2 is 2.16 bits per heavy atom. The van der Waals surface area contributed by atoms with E-state index in [-0.39, 0.29) is 0 Å². The van der Waals surface area contributed by atoms with Crippen LogP contribution in [0.5, 0.6) is 0 Å². The van der Waals surface area contributed by atoms with Gasteiger partial charge in [0.15, 0.2) is 0 Å². The lowest BCUT2D eigenvalue weighted by Crippen LogP contribution is -2.17. The van der Waals surface area contributed by atoms with Crippen LogP contribution in [0.2, 0.25) is 5.02 Å². The highest BCUT2D eigenvalue weighted by Gasteiger charge is 2.19. The predicted molar refractivity (Wildman–Crippen MR) is 77.9 cm³/mol. The van der Waals surface area contributed by atoms with Crippen LogP contribution in [0.3, 0.4) is 0 Å². The summed E-state index contributed by atoms with van der Waals surface area (Å²) in [5.74, 6) is 0. The van der Waals surface area contributed by atoms with E-state index in [1.807, 2.05) is 35.1 Å². The summed E-state index contributed by atoms with van der Waals surface area (Å²) in [5.41, 5.74) is 2.20. The fourth-order valence-electron chi connectivity index (χ4n) is 2.14. The molecular weight excluding hydrogens is 258 g/mol. The summed E-state index contributed by atoms with van der Waals surface area (Å²) in [7, 11) is 0. The van der Waals surface area contributed by atoms with E-state index >= 15 is 0 Å². The Balaban J connectivity index is 1.57. The molecule has 0 aliphatic heterocycles. The van der Waals surface area contributed by atoms with Crippen LogP contribution in [-0.2, 0) is 6.42 Å². The highest BCUT2D eigenvalue weighted by Crippen LogP contribution is 2.20. The van der Waals surface area contributed by atoms with Gasteiger partial charge in [-0.2, -0.15) is 5.10 Å². The van der Waals surface area contributed by atoms with E-state index in [1.54, 1.807) is 0 Å². The van der Waals surface area contributed by atoms with Gasteiger partial charge in [-0.05, 0) is 49.9 Å². The molecule has 0 bridgehead atoms. The minimum absolute atomic E-state index is 0.729. The molecule has 0 saturated heterocycles. The van der Waals surface area contributed by atoms with Crippen LogP contribution in [0, 0.1) is 0 Å². The zero-order valence-corrected chi connectivity index (χ0v) is 11.6. The number of halogens is 1. The standard InChI is InChI=1S/C15H18ClN3/c16-14-5-1-2-6-15(14)19-11-12(10-18-19)4-3-9-17-13-7-8-13/h1-2,5-6,10-11,13,17H,3-4,7-9H2. The largest absolute Gasteiger partial charge is 0.314 e. The number of rotatable bonds is 6. The van der Waals surface area contributed by atoms with Crippen molar-refractivity contribution in [2.24, 2.45) is 0 Å². The van der Waals surface area contributed by atoms with Gasteiger partial charge in [0, 0.05) is 12.2 Å². The van der Waals surface area contributed by atoms with Gasteiger partial charge in [0.25, 0.3) is 0 Å². The highest BCUT2D eigenvalue weighted by molar-refractivity contribution is 6.32. The number of nitrogens with one attached hydrogen (secondary N) is 1. The van der Waals surface area contributed by atoms with E-state index in [0.29, 0.717) is 0 Å². The molecule has 0 atom stereocenters. The third-order valence-electron chi connectivity index (χ3n) is 3.39. The molecule has 3 rings (SSSR count). The second kappa shape index (κ2) is 5.76. The third-order valence-corrected chi connectivity index (χ3v) is 3.71. The Kier molecular flexibility index (Phi) is 3.85. The number of aromatic nitrogens is 2. The zero-order chi connectivity index (χ0) is 13.1. The SMILES string of the molecule is Clc1ccccc1-n1cc(CCCNC2CC2)cn1. The predicted octanol–water partition coefficient (Wildman–Crippen LogP) is 3.21. The van der Waals surface area contributed by atoms with E-state index in [4.69, 9.17) is 11.6 Å². The van der Waals surface area contributed by atoms with E-state index in [1.165, 1.54) is 18.4 Å². The number of hydrogen-bond acceptors (Lipinski definition) is 2. The summed E-state index contributed by atoms with van der Waals surface area (Å²) in [4.78, 5) is 0. The molecule has 1 aliphatic rings. The average molecular weight is 276 g/mol. The summed E-state index contributed by atoms with van der Waals surface area (Å²) in [6.45, 7) is 1.10. The molecule has 1 saturated carbocycles. The molecular formula is C15H18ClN3. The summed E-state index contributed by atoms with van der Waals surface area (Å²) >= 11 is 6.17. The maximum atomic E-state index is 6.17. The van der Waals surface area contributed by atoms with Crippen molar-refractivity contribution in [1.29, 1.82) is 0 Å². The van der Waals surface area contributed by atoms with Gasteiger partial charge in [-0.3, -0.25) is 0 Å². The number of aryl methyl sites for hydroxylation is 1. The Morgan fingerprint density at radius 1 is 1.32 bits per heavy atom. The van der Waals surface area contributed by atoms with Crippen molar-refractivity contribution in [1.82, 2.24) is 15.1 Å². The minimum atomic E-state index is 0.729. The lowest BCUT2D eigenvalue weighted by molar-refractivity contribution is 0.645. The van der Waals surface area contributed by atoms with Crippen LogP contribution in [0.4, 0.5) is 0 Å². The van der Waals surface area contributed by atoms with Crippen molar-refractivity contribution in [2.75, 3.05) is 6.54 Å². The summed E-state index contributed by atoms with van der Waals surface area (Å²) in [5, 5.41) is 8.64. The molecule has 19 heavy (non-hydrogen) atoms. The van der Waals surface area contributed by atoms with Gasteiger partial charge in [-0.15, -0.1) is 0 Å². The molecule has 1 aromatic heterocycles. The van der Waals surface area contributed by atoms with E-state index in [2.05, 4.69) is 16.6 Å². The molecule has 100 valence electrons. The molecule has 1 aliphatic carbocycles. The van der Waals surface area contributed by atoms with Gasteiger partial charge in [-0.25, -0.2) is 4.68 Å². The fourth-order valence-corrected chi connectivity index (χ4v) is 2.37. The number of benzene rings is 1. The van der Waals surface area contributed by atoms with Crippen LogP contribution in [0.1, 0.15) is 24.8 Å². The lowest BCUT2D eigenvalue weighted by Gasteiger charge is -2.03. The molecule has 1 aromatic carbocycles. The molecule has 0 radical (unpaired) electrons. The molecule has 0 unspecified atom stereocenters.